The van der Waals surface area contributed by atoms with Crippen LogP contribution in [-0.2, 0) is 21.8 Å². The second-order valence-corrected chi connectivity index (χ2v) is 18.5. The fraction of sp³-hybridized carbons (Fsp3) is 0.520. The molecule has 0 aliphatic heterocycles. The summed E-state index contributed by atoms with van der Waals surface area (Å²) in [6, 6.07) is 9.22. The molecule has 0 saturated heterocycles. The maximum Gasteiger partial charge on any atom is -1.00 e. The first-order valence-corrected chi connectivity index (χ1v) is 14.2. The van der Waals surface area contributed by atoms with E-state index in [0.717, 1.165) is 3.63 Å². The van der Waals surface area contributed by atoms with Crippen LogP contribution in [0.25, 0.3) is 5.57 Å². The van der Waals surface area contributed by atoms with Crippen LogP contribution in [0.3, 0.4) is 0 Å². The fourth-order valence-electron chi connectivity index (χ4n) is 4.45. The van der Waals surface area contributed by atoms with E-state index in [9.17, 15) is 0 Å². The van der Waals surface area contributed by atoms with E-state index < -0.39 is 21.8 Å². The van der Waals surface area contributed by atoms with Crippen molar-refractivity contribution in [3.05, 3.63) is 62.5 Å². The van der Waals surface area contributed by atoms with Gasteiger partial charge in [0.05, 0.1) is 0 Å². The van der Waals surface area contributed by atoms with Crippen LogP contribution in [0, 0.1) is 10.8 Å². The largest absolute Gasteiger partial charge is 1.00 e. The summed E-state index contributed by atoms with van der Waals surface area (Å²) in [5.74, 6) is 0. The minimum absolute atomic E-state index is 0. The third-order valence-corrected chi connectivity index (χ3v) is 14.4. The van der Waals surface area contributed by atoms with Crippen LogP contribution in [-0.4, -0.2) is 0 Å². The van der Waals surface area contributed by atoms with Crippen LogP contribution in [0.5, 0.6) is 0 Å². The molecule has 153 valence electrons. The maximum atomic E-state index is 2.68. The SMILES string of the molecule is C[CH](C)[Zr+2]([C]1=CC(C(C)(C)C)=CC1)[CH]1C=C(C(C)(C)C)c2ccccc21.[Cl-].[Cl-]. The number of hydrogen-bond donors (Lipinski definition) is 0. The third-order valence-electron chi connectivity index (χ3n) is 5.79. The molecule has 0 radical (unpaired) electrons. The summed E-state index contributed by atoms with van der Waals surface area (Å²) in [7, 11) is 0. The Hall–Kier alpha value is -0.0969. The average molecular weight is 498 g/mol. The molecule has 1 atom stereocenters. The molecule has 2 aliphatic rings. The van der Waals surface area contributed by atoms with E-state index in [1.54, 1.807) is 16.7 Å². The second-order valence-electron chi connectivity index (χ2n) is 10.3. The molecule has 0 amide bonds. The van der Waals surface area contributed by atoms with Crippen molar-refractivity contribution < 1.29 is 46.6 Å². The summed E-state index contributed by atoms with van der Waals surface area (Å²) < 4.78 is 3.34. The summed E-state index contributed by atoms with van der Waals surface area (Å²) >= 11 is -1.85. The normalized spacial score (nSPS) is 18.6. The van der Waals surface area contributed by atoms with Crippen molar-refractivity contribution >= 4 is 5.57 Å². The molecule has 1 unspecified atom stereocenters. The van der Waals surface area contributed by atoms with Crippen LogP contribution >= 0.6 is 0 Å². The Kier molecular flexibility index (Phi) is 8.68. The van der Waals surface area contributed by atoms with Crippen LogP contribution in [0.1, 0.15) is 76.6 Å². The van der Waals surface area contributed by atoms with Crippen LogP contribution in [0.2, 0.25) is 3.63 Å². The Balaban J connectivity index is 0.00000196. The molecule has 1 aromatic rings. The van der Waals surface area contributed by atoms with Gasteiger partial charge < -0.3 is 24.8 Å². The van der Waals surface area contributed by atoms with Gasteiger partial charge in [-0.3, -0.25) is 0 Å². The maximum absolute atomic E-state index is 2.68. The molecule has 0 bridgehead atoms. The van der Waals surface area contributed by atoms with Crippen molar-refractivity contribution in [3.8, 4) is 0 Å². The first-order valence-electron chi connectivity index (χ1n) is 10.1. The predicted molar refractivity (Wildman–Crippen MR) is 112 cm³/mol. The summed E-state index contributed by atoms with van der Waals surface area (Å²) in [6.07, 6.45) is 8.99. The Morgan fingerprint density at radius 3 is 2.04 bits per heavy atom. The van der Waals surface area contributed by atoms with Gasteiger partial charge in [0, 0.05) is 0 Å². The molecule has 0 heterocycles. The van der Waals surface area contributed by atoms with Crippen molar-refractivity contribution in [2.45, 2.75) is 69.1 Å². The monoisotopic (exact) mass is 495 g/mol. The van der Waals surface area contributed by atoms with Crippen molar-refractivity contribution in [2.75, 3.05) is 0 Å². The Bertz CT molecular complexity index is 786. The van der Waals surface area contributed by atoms with Crippen molar-refractivity contribution in [1.82, 2.24) is 0 Å². The van der Waals surface area contributed by atoms with E-state index in [2.05, 4.69) is 97.9 Å². The van der Waals surface area contributed by atoms with Gasteiger partial charge >= 0.3 is 170 Å². The summed E-state index contributed by atoms with van der Waals surface area (Å²) in [6.45, 7) is 19.1. The standard InChI is InChI=1S/C13H15.C9H13.C3H7.2ClH.Zr/c1-13(2,3)12-9-8-10-6-4-5-7-11(10)12;1-9(2,3)8-6-4-5-7-8;1-3-2;;;/h4-9H,1-3H3;6-7H,4H2,1-3H3;3H,1-2H3;2*1H;/q;;;;;+2/p-2. The fourth-order valence-corrected chi connectivity index (χ4v) is 12.9. The van der Waals surface area contributed by atoms with E-state index in [0.29, 0.717) is 3.63 Å². The third kappa shape index (κ3) is 5.14. The molecule has 3 heteroatoms. The van der Waals surface area contributed by atoms with Crippen LogP contribution < -0.4 is 24.8 Å². The van der Waals surface area contributed by atoms with Crippen LogP contribution in [0.15, 0.2) is 51.3 Å². The molecule has 0 nitrogen and oxygen atoms in total. The van der Waals surface area contributed by atoms with Crippen molar-refractivity contribution in [2.24, 2.45) is 10.8 Å². The second kappa shape index (κ2) is 9.37. The van der Waals surface area contributed by atoms with Gasteiger partial charge in [0.1, 0.15) is 0 Å². The van der Waals surface area contributed by atoms with Gasteiger partial charge in [0.25, 0.3) is 0 Å². The van der Waals surface area contributed by atoms with E-state index >= 15 is 0 Å². The van der Waals surface area contributed by atoms with Gasteiger partial charge in [0.15, 0.2) is 0 Å². The number of hydrogen-bond acceptors (Lipinski definition) is 0. The molecule has 28 heavy (non-hydrogen) atoms. The van der Waals surface area contributed by atoms with Gasteiger partial charge in [-0.15, -0.1) is 0 Å². The van der Waals surface area contributed by atoms with E-state index in [1.807, 2.05) is 3.28 Å². The molecule has 0 spiro atoms. The quantitative estimate of drug-likeness (QED) is 0.599. The minimum Gasteiger partial charge on any atom is -1.00 e. The molecule has 0 aromatic heterocycles. The van der Waals surface area contributed by atoms with E-state index in [1.165, 1.54) is 12.0 Å². The molecular formula is C25H35Cl2Zr. The van der Waals surface area contributed by atoms with E-state index in [-0.39, 0.29) is 35.6 Å². The molecule has 3 rings (SSSR count). The number of rotatable bonds is 3. The molecule has 0 N–H and O–H groups in total. The first-order chi connectivity index (χ1) is 12.0. The van der Waals surface area contributed by atoms with Crippen LogP contribution in [0.4, 0.5) is 0 Å². The Labute approximate surface area is 193 Å². The van der Waals surface area contributed by atoms with Crippen molar-refractivity contribution in [3.63, 3.8) is 0 Å². The van der Waals surface area contributed by atoms with Gasteiger partial charge in [-0.2, -0.15) is 0 Å². The average Bonchev–Trinajstić information content (AvgIpc) is 3.12. The Morgan fingerprint density at radius 2 is 1.54 bits per heavy atom. The minimum atomic E-state index is -1.85. The topological polar surface area (TPSA) is 0 Å². The summed E-state index contributed by atoms with van der Waals surface area (Å²) in [5.41, 5.74) is 6.75. The number of benzene rings is 1. The molecule has 0 fully saturated rings. The molecule has 0 saturated carbocycles. The Morgan fingerprint density at radius 1 is 0.929 bits per heavy atom. The number of allylic oxidation sites excluding steroid dienone is 6. The number of halogens is 2. The molecular weight excluding hydrogens is 462 g/mol. The first kappa shape index (κ1) is 25.9. The summed E-state index contributed by atoms with van der Waals surface area (Å²) in [4.78, 5) is 0. The zero-order valence-electron chi connectivity index (χ0n) is 18.7. The smallest absolute Gasteiger partial charge is 1.00 e. The van der Waals surface area contributed by atoms with Gasteiger partial charge in [-0.25, -0.2) is 0 Å². The number of fused-ring (bicyclic) bond motifs is 1. The summed E-state index contributed by atoms with van der Waals surface area (Å²) in [5, 5.41) is 0. The molecule has 2 aliphatic carbocycles. The predicted octanol–water partition coefficient (Wildman–Crippen LogP) is 1.89. The zero-order valence-corrected chi connectivity index (χ0v) is 22.6. The van der Waals surface area contributed by atoms with Gasteiger partial charge in [-0.1, -0.05) is 0 Å². The van der Waals surface area contributed by atoms with Gasteiger partial charge in [-0.05, 0) is 0 Å². The van der Waals surface area contributed by atoms with E-state index in [4.69, 9.17) is 0 Å². The molecule has 1 aromatic carbocycles. The zero-order chi connectivity index (χ0) is 19.3. The van der Waals surface area contributed by atoms with Crippen molar-refractivity contribution in [1.29, 1.82) is 0 Å². The van der Waals surface area contributed by atoms with Gasteiger partial charge in [0.2, 0.25) is 0 Å².